The SMILES string of the molecule is Sc1cc2c(cc1Br)OCC2. The average Bonchev–Trinajstić information content (AvgIpc) is 2.36. The number of hydrogen-bond acceptors (Lipinski definition) is 2. The lowest BCUT2D eigenvalue weighted by molar-refractivity contribution is 0.356. The van der Waals surface area contributed by atoms with Crippen LogP contribution in [0.4, 0.5) is 0 Å². The fraction of sp³-hybridized carbons (Fsp3) is 0.250. The number of ether oxygens (including phenoxy) is 1. The second-order valence-electron chi connectivity index (χ2n) is 2.51. The highest BCUT2D eigenvalue weighted by Gasteiger charge is 2.13. The van der Waals surface area contributed by atoms with Crippen LogP contribution in [-0.4, -0.2) is 6.61 Å². The first-order valence-corrected chi connectivity index (χ1v) is 4.65. The molecule has 0 radical (unpaired) electrons. The standard InChI is InChI=1S/C8H7BrOS/c9-6-4-7-5(1-2-10-7)3-8(6)11/h3-4,11H,1-2H2. The molecule has 0 N–H and O–H groups in total. The van der Waals surface area contributed by atoms with Gasteiger partial charge in [0.1, 0.15) is 5.75 Å². The molecule has 1 nitrogen and oxygen atoms in total. The quantitative estimate of drug-likeness (QED) is 0.675. The summed E-state index contributed by atoms with van der Waals surface area (Å²) in [4.78, 5) is 0.981. The molecular formula is C8H7BrOS. The van der Waals surface area contributed by atoms with E-state index in [1.54, 1.807) is 0 Å². The van der Waals surface area contributed by atoms with E-state index in [1.807, 2.05) is 6.07 Å². The molecule has 1 heterocycles. The van der Waals surface area contributed by atoms with Crippen molar-refractivity contribution in [1.82, 2.24) is 0 Å². The first-order valence-electron chi connectivity index (χ1n) is 3.41. The normalized spacial score (nSPS) is 14.4. The average molecular weight is 231 g/mol. The second kappa shape index (κ2) is 2.72. The van der Waals surface area contributed by atoms with Gasteiger partial charge >= 0.3 is 0 Å². The molecule has 0 amide bonds. The molecule has 3 heteroatoms. The molecule has 0 saturated carbocycles. The van der Waals surface area contributed by atoms with E-state index in [9.17, 15) is 0 Å². The molecule has 0 aromatic heterocycles. The monoisotopic (exact) mass is 230 g/mol. The lowest BCUT2D eigenvalue weighted by Gasteiger charge is -2.01. The van der Waals surface area contributed by atoms with Gasteiger partial charge in [0.2, 0.25) is 0 Å². The molecule has 1 aromatic rings. The summed E-state index contributed by atoms with van der Waals surface area (Å²) in [7, 11) is 0. The lowest BCUT2D eigenvalue weighted by atomic mass is 10.2. The van der Waals surface area contributed by atoms with Crippen molar-refractivity contribution in [1.29, 1.82) is 0 Å². The van der Waals surface area contributed by atoms with Gasteiger partial charge in [-0.2, -0.15) is 0 Å². The number of halogens is 1. The summed E-state index contributed by atoms with van der Waals surface area (Å²) >= 11 is 7.69. The zero-order valence-electron chi connectivity index (χ0n) is 5.80. The van der Waals surface area contributed by atoms with Crippen LogP contribution in [0, 0.1) is 0 Å². The van der Waals surface area contributed by atoms with Crippen molar-refractivity contribution in [2.24, 2.45) is 0 Å². The Morgan fingerprint density at radius 2 is 2.27 bits per heavy atom. The predicted octanol–water partition coefficient (Wildman–Crippen LogP) is 2.67. The maximum atomic E-state index is 5.37. The topological polar surface area (TPSA) is 9.23 Å². The number of rotatable bonds is 0. The van der Waals surface area contributed by atoms with Crippen molar-refractivity contribution < 1.29 is 4.74 Å². The van der Waals surface area contributed by atoms with Crippen molar-refractivity contribution in [2.75, 3.05) is 6.61 Å². The lowest BCUT2D eigenvalue weighted by Crippen LogP contribution is -1.85. The molecule has 0 spiro atoms. The maximum absolute atomic E-state index is 5.37. The molecule has 2 rings (SSSR count). The van der Waals surface area contributed by atoms with Gasteiger partial charge in [-0.15, -0.1) is 12.6 Å². The first kappa shape index (κ1) is 7.50. The second-order valence-corrected chi connectivity index (χ2v) is 3.85. The minimum absolute atomic E-state index is 0.805. The summed E-state index contributed by atoms with van der Waals surface area (Å²) in [5.74, 6) is 0.995. The molecule has 0 unspecified atom stereocenters. The van der Waals surface area contributed by atoms with Crippen LogP contribution >= 0.6 is 28.6 Å². The molecule has 0 fully saturated rings. The largest absolute Gasteiger partial charge is 0.493 e. The Morgan fingerprint density at radius 3 is 3.09 bits per heavy atom. The smallest absolute Gasteiger partial charge is 0.123 e. The molecule has 1 aliphatic heterocycles. The van der Waals surface area contributed by atoms with Gasteiger partial charge in [0.25, 0.3) is 0 Å². The van der Waals surface area contributed by atoms with Gasteiger partial charge in [-0.3, -0.25) is 0 Å². The summed E-state index contributed by atoms with van der Waals surface area (Å²) in [6, 6.07) is 4.03. The van der Waals surface area contributed by atoms with E-state index in [2.05, 4.69) is 34.6 Å². The molecule has 58 valence electrons. The van der Waals surface area contributed by atoms with Crippen LogP contribution in [0.25, 0.3) is 0 Å². The van der Waals surface area contributed by atoms with E-state index >= 15 is 0 Å². The van der Waals surface area contributed by atoms with Crippen molar-refractivity contribution in [3.05, 3.63) is 22.2 Å². The third-order valence-electron chi connectivity index (χ3n) is 1.76. The molecule has 11 heavy (non-hydrogen) atoms. The van der Waals surface area contributed by atoms with Crippen LogP contribution in [-0.2, 0) is 6.42 Å². The first-order chi connectivity index (χ1) is 5.27. The Kier molecular flexibility index (Phi) is 1.85. The van der Waals surface area contributed by atoms with Crippen molar-refractivity contribution in [3.63, 3.8) is 0 Å². The van der Waals surface area contributed by atoms with Gasteiger partial charge in [0, 0.05) is 15.8 Å². The van der Waals surface area contributed by atoms with Crippen molar-refractivity contribution in [2.45, 2.75) is 11.3 Å². The summed E-state index contributed by atoms with van der Waals surface area (Å²) in [5, 5.41) is 0. The molecule has 1 aliphatic rings. The summed E-state index contributed by atoms with van der Waals surface area (Å²) in [6.45, 7) is 0.805. The molecular weight excluding hydrogens is 224 g/mol. The number of fused-ring (bicyclic) bond motifs is 1. The highest BCUT2D eigenvalue weighted by atomic mass is 79.9. The van der Waals surface area contributed by atoms with Gasteiger partial charge in [-0.05, 0) is 33.6 Å². The number of hydrogen-bond donors (Lipinski definition) is 1. The Hall–Kier alpha value is -0.150. The Balaban J connectivity index is 2.57. The Labute approximate surface area is 79.3 Å². The summed E-state index contributed by atoms with van der Waals surface area (Å²) in [5.41, 5.74) is 1.26. The third-order valence-corrected chi connectivity index (χ3v) is 3.09. The minimum Gasteiger partial charge on any atom is -0.493 e. The zero-order valence-corrected chi connectivity index (χ0v) is 8.28. The van der Waals surface area contributed by atoms with Gasteiger partial charge < -0.3 is 4.74 Å². The Morgan fingerprint density at radius 1 is 1.45 bits per heavy atom. The van der Waals surface area contributed by atoms with E-state index in [4.69, 9.17) is 4.74 Å². The van der Waals surface area contributed by atoms with Crippen LogP contribution in [0.2, 0.25) is 0 Å². The van der Waals surface area contributed by atoms with Gasteiger partial charge in [0.15, 0.2) is 0 Å². The van der Waals surface area contributed by atoms with Crippen LogP contribution < -0.4 is 4.74 Å². The van der Waals surface area contributed by atoms with Crippen LogP contribution in [0.1, 0.15) is 5.56 Å². The summed E-state index contributed by atoms with van der Waals surface area (Å²) in [6.07, 6.45) is 1.01. The zero-order chi connectivity index (χ0) is 7.84. The fourth-order valence-electron chi connectivity index (χ4n) is 1.19. The van der Waals surface area contributed by atoms with Gasteiger partial charge in [0.05, 0.1) is 6.61 Å². The van der Waals surface area contributed by atoms with Crippen molar-refractivity contribution >= 4 is 28.6 Å². The number of thiol groups is 1. The van der Waals surface area contributed by atoms with E-state index in [0.29, 0.717) is 0 Å². The molecule has 0 atom stereocenters. The predicted molar refractivity (Wildman–Crippen MR) is 50.6 cm³/mol. The van der Waals surface area contributed by atoms with Crippen LogP contribution in [0.3, 0.4) is 0 Å². The van der Waals surface area contributed by atoms with Crippen LogP contribution in [0.5, 0.6) is 5.75 Å². The Bertz CT molecular complexity index is 269. The highest BCUT2D eigenvalue weighted by molar-refractivity contribution is 9.10. The van der Waals surface area contributed by atoms with E-state index < -0.39 is 0 Å². The maximum Gasteiger partial charge on any atom is 0.123 e. The van der Waals surface area contributed by atoms with E-state index in [1.165, 1.54) is 5.56 Å². The fourth-order valence-corrected chi connectivity index (χ4v) is 1.73. The van der Waals surface area contributed by atoms with Gasteiger partial charge in [-0.25, -0.2) is 0 Å². The third kappa shape index (κ3) is 1.27. The molecule has 0 saturated heterocycles. The van der Waals surface area contributed by atoms with Crippen molar-refractivity contribution in [3.8, 4) is 5.75 Å². The van der Waals surface area contributed by atoms with E-state index in [0.717, 1.165) is 28.1 Å². The highest BCUT2D eigenvalue weighted by Crippen LogP contribution is 2.32. The molecule has 0 aliphatic carbocycles. The number of benzene rings is 1. The van der Waals surface area contributed by atoms with E-state index in [-0.39, 0.29) is 0 Å². The van der Waals surface area contributed by atoms with Crippen LogP contribution in [0.15, 0.2) is 21.5 Å². The minimum atomic E-state index is 0.805. The van der Waals surface area contributed by atoms with Gasteiger partial charge in [-0.1, -0.05) is 0 Å². The molecule has 0 bridgehead atoms. The summed E-state index contributed by atoms with van der Waals surface area (Å²) < 4.78 is 6.37. The molecule has 1 aromatic carbocycles.